The number of thiophene rings is 1. The van der Waals surface area contributed by atoms with E-state index in [1.54, 1.807) is 23.7 Å². The summed E-state index contributed by atoms with van der Waals surface area (Å²) in [7, 11) is 0. The molecule has 2 aromatic heterocycles. The quantitative estimate of drug-likeness (QED) is 0.872. The van der Waals surface area contributed by atoms with Crippen molar-refractivity contribution >= 4 is 33.0 Å². The molecular weight excluding hydrogens is 264 g/mol. The maximum Gasteiger partial charge on any atom is 0.171 e. The second-order valence-electron chi connectivity index (χ2n) is 2.79. The normalized spacial score (nSPS) is 10.4. The molecule has 0 spiro atoms. The Kier molecular flexibility index (Phi) is 2.79. The molecule has 0 atom stereocenters. The van der Waals surface area contributed by atoms with Crippen molar-refractivity contribution in [1.82, 2.24) is 10.2 Å². The molecule has 0 saturated heterocycles. The lowest BCUT2D eigenvalue weighted by atomic mass is 10.1. The van der Waals surface area contributed by atoms with E-state index in [1.807, 2.05) is 12.1 Å². The van der Waals surface area contributed by atoms with E-state index in [-0.39, 0.29) is 5.78 Å². The van der Waals surface area contributed by atoms with Crippen LogP contribution in [0, 0.1) is 0 Å². The predicted octanol–water partition coefficient (Wildman–Crippen LogP) is 2.66. The molecule has 0 unspecified atom stereocenters. The third-order valence-electron chi connectivity index (χ3n) is 1.78. The first-order chi connectivity index (χ1) is 6.75. The summed E-state index contributed by atoms with van der Waals surface area (Å²) < 4.78 is 1.05. The van der Waals surface area contributed by atoms with Gasteiger partial charge in [-0.2, -0.15) is 5.10 Å². The summed E-state index contributed by atoms with van der Waals surface area (Å²) in [6, 6.07) is 3.90. The number of carbonyl (C=O) groups is 1. The van der Waals surface area contributed by atoms with Crippen LogP contribution in [0.2, 0.25) is 0 Å². The maximum absolute atomic E-state index is 11.6. The molecule has 2 heterocycles. The van der Waals surface area contributed by atoms with Crippen LogP contribution < -0.4 is 0 Å². The number of H-pyrrole nitrogens is 1. The Bertz CT molecular complexity index is 435. The summed E-state index contributed by atoms with van der Waals surface area (Å²) in [5, 5.41) is 6.36. The molecule has 0 aliphatic carbocycles. The standard InChI is InChI=1S/C9H7BrN2OS/c10-9-2-1-7(14-9)3-8(13)6-4-11-12-5-6/h1-2,4-5H,3H2,(H,11,12). The summed E-state index contributed by atoms with van der Waals surface area (Å²) >= 11 is 4.94. The van der Waals surface area contributed by atoms with E-state index in [0.29, 0.717) is 12.0 Å². The SMILES string of the molecule is O=C(Cc1ccc(Br)s1)c1cn[nH]c1. The Morgan fingerprint density at radius 3 is 3.00 bits per heavy atom. The fourth-order valence-corrected chi connectivity index (χ4v) is 2.59. The topological polar surface area (TPSA) is 45.8 Å². The van der Waals surface area contributed by atoms with Gasteiger partial charge in [0.1, 0.15) is 0 Å². The molecule has 1 N–H and O–H groups in total. The van der Waals surface area contributed by atoms with E-state index >= 15 is 0 Å². The van der Waals surface area contributed by atoms with Gasteiger partial charge in [0.25, 0.3) is 0 Å². The van der Waals surface area contributed by atoms with Crippen LogP contribution in [-0.4, -0.2) is 16.0 Å². The zero-order valence-corrected chi connectivity index (χ0v) is 9.56. The monoisotopic (exact) mass is 270 g/mol. The van der Waals surface area contributed by atoms with Gasteiger partial charge in [-0.1, -0.05) is 0 Å². The predicted molar refractivity (Wildman–Crippen MR) is 58.6 cm³/mol. The van der Waals surface area contributed by atoms with E-state index in [9.17, 15) is 4.79 Å². The zero-order chi connectivity index (χ0) is 9.97. The van der Waals surface area contributed by atoms with Gasteiger partial charge in [0.15, 0.2) is 5.78 Å². The first kappa shape index (κ1) is 9.61. The van der Waals surface area contributed by atoms with Crippen molar-refractivity contribution < 1.29 is 4.79 Å². The fraction of sp³-hybridized carbons (Fsp3) is 0.111. The number of halogens is 1. The number of aromatic nitrogens is 2. The molecule has 2 aromatic rings. The number of hydrogen-bond acceptors (Lipinski definition) is 3. The number of aromatic amines is 1. The minimum atomic E-state index is 0.0908. The molecule has 3 nitrogen and oxygen atoms in total. The Hall–Kier alpha value is -0.940. The van der Waals surface area contributed by atoms with Crippen molar-refractivity contribution in [2.75, 3.05) is 0 Å². The average molecular weight is 271 g/mol. The van der Waals surface area contributed by atoms with E-state index in [0.717, 1.165) is 8.66 Å². The van der Waals surface area contributed by atoms with Crippen molar-refractivity contribution in [2.24, 2.45) is 0 Å². The Labute approximate surface area is 93.3 Å². The first-order valence-electron chi connectivity index (χ1n) is 4.02. The van der Waals surface area contributed by atoms with Gasteiger partial charge in [0.2, 0.25) is 0 Å². The van der Waals surface area contributed by atoms with Crippen LogP contribution >= 0.6 is 27.3 Å². The van der Waals surface area contributed by atoms with Crippen LogP contribution in [0.1, 0.15) is 15.2 Å². The van der Waals surface area contributed by atoms with E-state index < -0.39 is 0 Å². The van der Waals surface area contributed by atoms with Crippen LogP contribution in [0.5, 0.6) is 0 Å². The highest BCUT2D eigenvalue weighted by molar-refractivity contribution is 9.11. The third kappa shape index (κ3) is 2.10. The number of Topliss-reactive ketones (excluding diaryl/α,β-unsaturated/α-hetero) is 1. The Morgan fingerprint density at radius 1 is 1.57 bits per heavy atom. The molecule has 0 radical (unpaired) electrons. The Morgan fingerprint density at radius 2 is 2.43 bits per heavy atom. The lowest BCUT2D eigenvalue weighted by Crippen LogP contribution is -2.00. The number of ketones is 1. The van der Waals surface area contributed by atoms with Crippen molar-refractivity contribution in [3.05, 3.63) is 38.8 Å². The van der Waals surface area contributed by atoms with Gasteiger partial charge in [-0.15, -0.1) is 11.3 Å². The van der Waals surface area contributed by atoms with Crippen LogP contribution in [-0.2, 0) is 6.42 Å². The zero-order valence-electron chi connectivity index (χ0n) is 7.16. The third-order valence-corrected chi connectivity index (χ3v) is 3.41. The Balaban J connectivity index is 2.09. The summed E-state index contributed by atoms with van der Waals surface area (Å²) in [5.41, 5.74) is 0.634. The highest BCUT2D eigenvalue weighted by atomic mass is 79.9. The molecule has 2 rings (SSSR count). The van der Waals surface area contributed by atoms with Crippen LogP contribution in [0.15, 0.2) is 28.3 Å². The molecule has 0 aliphatic rings. The number of hydrogen-bond donors (Lipinski definition) is 1. The summed E-state index contributed by atoms with van der Waals surface area (Å²) in [6.07, 6.45) is 3.60. The van der Waals surface area contributed by atoms with E-state index in [2.05, 4.69) is 26.1 Å². The minimum absolute atomic E-state index is 0.0908. The second kappa shape index (κ2) is 4.06. The van der Waals surface area contributed by atoms with Gasteiger partial charge < -0.3 is 0 Å². The van der Waals surface area contributed by atoms with Crippen molar-refractivity contribution in [2.45, 2.75) is 6.42 Å². The fourth-order valence-electron chi connectivity index (χ4n) is 1.11. The highest BCUT2D eigenvalue weighted by Crippen LogP contribution is 2.23. The average Bonchev–Trinajstić information content (AvgIpc) is 2.75. The molecule has 0 saturated carbocycles. The van der Waals surface area contributed by atoms with Gasteiger partial charge in [0, 0.05) is 17.5 Å². The van der Waals surface area contributed by atoms with Crippen molar-refractivity contribution in [3.63, 3.8) is 0 Å². The molecular formula is C9H7BrN2OS. The van der Waals surface area contributed by atoms with Crippen molar-refractivity contribution in [3.8, 4) is 0 Å². The molecule has 5 heteroatoms. The van der Waals surface area contributed by atoms with Crippen LogP contribution in [0.4, 0.5) is 0 Å². The van der Waals surface area contributed by atoms with E-state index in [1.165, 1.54) is 0 Å². The molecule has 0 bridgehead atoms. The number of rotatable bonds is 3. The molecule has 0 amide bonds. The number of nitrogens with one attached hydrogen (secondary N) is 1. The highest BCUT2D eigenvalue weighted by Gasteiger charge is 2.09. The van der Waals surface area contributed by atoms with Gasteiger partial charge >= 0.3 is 0 Å². The largest absolute Gasteiger partial charge is 0.294 e. The number of nitrogens with zero attached hydrogens (tertiary/aromatic N) is 1. The van der Waals surface area contributed by atoms with E-state index in [4.69, 9.17) is 0 Å². The lowest BCUT2D eigenvalue weighted by Gasteiger charge is -1.92. The molecule has 0 aliphatic heterocycles. The minimum Gasteiger partial charge on any atom is -0.294 e. The van der Waals surface area contributed by atoms with Gasteiger partial charge in [-0.25, -0.2) is 0 Å². The van der Waals surface area contributed by atoms with Gasteiger partial charge in [-0.3, -0.25) is 9.89 Å². The van der Waals surface area contributed by atoms with Gasteiger partial charge in [0.05, 0.1) is 15.5 Å². The second-order valence-corrected chi connectivity index (χ2v) is 5.34. The van der Waals surface area contributed by atoms with Crippen LogP contribution in [0.25, 0.3) is 0 Å². The van der Waals surface area contributed by atoms with Crippen molar-refractivity contribution in [1.29, 1.82) is 0 Å². The summed E-state index contributed by atoms with van der Waals surface area (Å²) in [5.74, 6) is 0.0908. The lowest BCUT2D eigenvalue weighted by molar-refractivity contribution is 0.0994. The number of carbonyl (C=O) groups excluding carboxylic acids is 1. The maximum atomic E-state index is 11.6. The summed E-state index contributed by atoms with van der Waals surface area (Å²) in [6.45, 7) is 0. The summed E-state index contributed by atoms with van der Waals surface area (Å²) in [4.78, 5) is 12.7. The van der Waals surface area contributed by atoms with Crippen LogP contribution in [0.3, 0.4) is 0 Å². The molecule has 14 heavy (non-hydrogen) atoms. The smallest absolute Gasteiger partial charge is 0.171 e. The first-order valence-corrected chi connectivity index (χ1v) is 5.63. The molecule has 72 valence electrons. The van der Waals surface area contributed by atoms with Gasteiger partial charge in [-0.05, 0) is 28.1 Å². The molecule has 0 aromatic carbocycles. The molecule has 0 fully saturated rings.